The van der Waals surface area contributed by atoms with E-state index >= 15 is 0 Å². The molecule has 0 radical (unpaired) electrons. The summed E-state index contributed by atoms with van der Waals surface area (Å²) >= 11 is 0. The lowest BCUT2D eigenvalue weighted by Gasteiger charge is -2.17. The zero-order chi connectivity index (χ0) is 16.1. The minimum absolute atomic E-state index is 0.172. The number of anilines is 1. The maximum atomic E-state index is 12.4. The van der Waals surface area contributed by atoms with Gasteiger partial charge in [0.05, 0.1) is 6.61 Å². The normalized spacial score (nSPS) is 10.5. The van der Waals surface area contributed by atoms with Crippen LogP contribution in [0.25, 0.3) is 0 Å². The minimum Gasteiger partial charge on any atom is -0.383 e. The van der Waals surface area contributed by atoms with Gasteiger partial charge in [-0.25, -0.2) is 0 Å². The molecule has 5 nitrogen and oxygen atoms in total. The van der Waals surface area contributed by atoms with E-state index in [0.717, 1.165) is 5.69 Å². The van der Waals surface area contributed by atoms with Gasteiger partial charge in [-0.05, 0) is 26.0 Å². The van der Waals surface area contributed by atoms with E-state index in [9.17, 15) is 9.59 Å². The maximum absolute atomic E-state index is 12.4. The highest BCUT2D eigenvalue weighted by molar-refractivity contribution is 6.04. The summed E-state index contributed by atoms with van der Waals surface area (Å²) in [6.45, 7) is 4.75. The van der Waals surface area contributed by atoms with Crippen molar-refractivity contribution < 1.29 is 9.53 Å². The fourth-order valence-electron chi connectivity index (χ4n) is 2.44. The quantitative estimate of drug-likeness (QED) is 0.922. The van der Waals surface area contributed by atoms with E-state index in [4.69, 9.17) is 4.74 Å². The molecule has 0 atom stereocenters. The number of methoxy groups -OCH3 is 1. The molecule has 1 aromatic carbocycles. The molecule has 1 N–H and O–H groups in total. The number of hydrogen-bond donors (Lipinski definition) is 1. The fraction of sp³-hybridized carbons (Fsp3) is 0.294. The van der Waals surface area contributed by atoms with Crippen LogP contribution in [0, 0.1) is 13.8 Å². The van der Waals surface area contributed by atoms with Gasteiger partial charge in [0.25, 0.3) is 5.91 Å². The summed E-state index contributed by atoms with van der Waals surface area (Å²) in [6.07, 6.45) is 0. The van der Waals surface area contributed by atoms with Crippen LogP contribution in [0.5, 0.6) is 0 Å². The zero-order valence-corrected chi connectivity index (χ0v) is 13.1. The molecule has 0 fully saturated rings. The summed E-state index contributed by atoms with van der Waals surface area (Å²) in [4.78, 5) is 24.7. The Morgan fingerprint density at radius 2 is 1.91 bits per heavy atom. The number of benzene rings is 1. The number of aryl methyl sites for hydroxylation is 1. The highest BCUT2D eigenvalue weighted by Gasteiger charge is 2.17. The van der Waals surface area contributed by atoms with E-state index in [1.165, 1.54) is 6.07 Å². The molecular formula is C17H20N2O3. The molecule has 2 rings (SSSR count). The van der Waals surface area contributed by atoms with E-state index in [0.29, 0.717) is 24.5 Å². The molecular weight excluding hydrogens is 280 g/mol. The van der Waals surface area contributed by atoms with E-state index in [1.54, 1.807) is 26.2 Å². The summed E-state index contributed by atoms with van der Waals surface area (Å²) in [6, 6.07) is 10.6. The van der Waals surface area contributed by atoms with Crippen molar-refractivity contribution in [2.75, 3.05) is 19.0 Å². The maximum Gasteiger partial charge on any atom is 0.261 e. The van der Waals surface area contributed by atoms with Crippen LogP contribution in [0.15, 0.2) is 41.2 Å². The summed E-state index contributed by atoms with van der Waals surface area (Å²) in [5, 5.41) is 2.76. The Kier molecular flexibility index (Phi) is 5.12. The Balaban J connectivity index is 2.37. The number of carbonyl (C=O) groups is 1. The number of aromatic nitrogens is 1. The summed E-state index contributed by atoms with van der Waals surface area (Å²) in [7, 11) is 1.62. The highest BCUT2D eigenvalue weighted by atomic mass is 16.5. The molecule has 0 saturated heterocycles. The second-order valence-electron chi connectivity index (χ2n) is 5.07. The van der Waals surface area contributed by atoms with E-state index in [2.05, 4.69) is 5.32 Å². The molecule has 0 spiro atoms. The number of para-hydroxylation sites is 1. The highest BCUT2D eigenvalue weighted by Crippen LogP contribution is 2.11. The first kappa shape index (κ1) is 16.0. The summed E-state index contributed by atoms with van der Waals surface area (Å²) in [5.41, 5.74) is 2.03. The molecule has 1 amide bonds. The number of nitrogens with zero attached hydrogens (tertiary/aromatic N) is 1. The van der Waals surface area contributed by atoms with Crippen molar-refractivity contribution in [2.45, 2.75) is 20.4 Å². The van der Waals surface area contributed by atoms with E-state index in [-0.39, 0.29) is 16.9 Å². The smallest absolute Gasteiger partial charge is 0.261 e. The number of ether oxygens (including phenoxy) is 1. The predicted molar refractivity (Wildman–Crippen MR) is 86.4 cm³/mol. The van der Waals surface area contributed by atoms with Crippen molar-refractivity contribution in [2.24, 2.45) is 0 Å². The molecule has 0 aliphatic carbocycles. The van der Waals surface area contributed by atoms with Crippen LogP contribution >= 0.6 is 0 Å². The molecule has 5 heteroatoms. The number of hydrogen-bond acceptors (Lipinski definition) is 3. The first-order valence-electron chi connectivity index (χ1n) is 7.11. The first-order chi connectivity index (χ1) is 10.5. The summed E-state index contributed by atoms with van der Waals surface area (Å²) in [5.74, 6) is -0.389. The van der Waals surface area contributed by atoms with Crippen LogP contribution < -0.4 is 10.7 Å². The topological polar surface area (TPSA) is 60.3 Å². The molecule has 0 saturated carbocycles. The molecule has 1 heterocycles. The van der Waals surface area contributed by atoms with Gasteiger partial charge in [0, 0.05) is 36.8 Å². The van der Waals surface area contributed by atoms with Gasteiger partial charge < -0.3 is 14.6 Å². The standard InChI is InChI=1S/C17H20N2O3/c1-12-11-15(20)16(13(2)19(12)9-10-22-3)17(21)18-14-7-5-4-6-8-14/h4-8,11H,9-10H2,1-3H3,(H,18,21). The Labute approximate surface area is 129 Å². The third-order valence-corrected chi connectivity index (χ3v) is 3.56. The molecule has 0 bridgehead atoms. The van der Waals surface area contributed by atoms with Gasteiger partial charge in [-0.15, -0.1) is 0 Å². The lowest BCUT2D eigenvalue weighted by atomic mass is 10.1. The van der Waals surface area contributed by atoms with Crippen molar-refractivity contribution in [1.82, 2.24) is 4.57 Å². The van der Waals surface area contributed by atoms with Crippen molar-refractivity contribution in [3.05, 3.63) is 63.6 Å². The zero-order valence-electron chi connectivity index (χ0n) is 13.1. The molecule has 2 aromatic rings. The number of pyridine rings is 1. The first-order valence-corrected chi connectivity index (χ1v) is 7.11. The minimum atomic E-state index is -0.389. The molecule has 0 aliphatic rings. The Morgan fingerprint density at radius 3 is 2.55 bits per heavy atom. The van der Waals surface area contributed by atoms with Crippen LogP contribution in [0.3, 0.4) is 0 Å². The molecule has 1 aromatic heterocycles. The van der Waals surface area contributed by atoms with Crippen molar-refractivity contribution >= 4 is 11.6 Å². The average molecular weight is 300 g/mol. The lowest BCUT2D eigenvalue weighted by Crippen LogP contribution is -2.27. The van der Waals surface area contributed by atoms with Crippen LogP contribution in [0.1, 0.15) is 21.7 Å². The Hall–Kier alpha value is -2.40. The molecule has 22 heavy (non-hydrogen) atoms. The lowest BCUT2D eigenvalue weighted by molar-refractivity contribution is 0.102. The van der Waals surface area contributed by atoms with Crippen LogP contribution in [-0.2, 0) is 11.3 Å². The average Bonchev–Trinajstić information content (AvgIpc) is 2.47. The van der Waals surface area contributed by atoms with Crippen molar-refractivity contribution in [1.29, 1.82) is 0 Å². The number of carbonyl (C=O) groups excluding carboxylic acids is 1. The van der Waals surface area contributed by atoms with Crippen molar-refractivity contribution in [3.8, 4) is 0 Å². The number of amides is 1. The van der Waals surface area contributed by atoms with Gasteiger partial charge in [0.1, 0.15) is 5.56 Å². The Bertz CT molecular complexity index is 721. The molecule has 0 unspecified atom stereocenters. The van der Waals surface area contributed by atoms with Crippen molar-refractivity contribution in [3.63, 3.8) is 0 Å². The van der Waals surface area contributed by atoms with Crippen LogP contribution in [-0.4, -0.2) is 24.2 Å². The van der Waals surface area contributed by atoms with Gasteiger partial charge in [-0.1, -0.05) is 18.2 Å². The van der Waals surface area contributed by atoms with E-state index in [1.807, 2.05) is 29.7 Å². The van der Waals surface area contributed by atoms with Gasteiger partial charge in [0.2, 0.25) is 0 Å². The second kappa shape index (κ2) is 7.04. The third kappa shape index (κ3) is 3.43. The van der Waals surface area contributed by atoms with Gasteiger partial charge in [0.15, 0.2) is 5.43 Å². The number of nitrogens with one attached hydrogen (secondary N) is 1. The summed E-state index contributed by atoms with van der Waals surface area (Å²) < 4.78 is 7.00. The predicted octanol–water partition coefficient (Wildman–Crippen LogP) is 2.36. The third-order valence-electron chi connectivity index (χ3n) is 3.56. The molecule has 0 aliphatic heterocycles. The van der Waals surface area contributed by atoms with Crippen LogP contribution in [0.2, 0.25) is 0 Å². The van der Waals surface area contributed by atoms with Gasteiger partial charge in [-0.2, -0.15) is 0 Å². The largest absolute Gasteiger partial charge is 0.383 e. The monoisotopic (exact) mass is 300 g/mol. The SMILES string of the molecule is COCCn1c(C)cc(=O)c(C(=O)Nc2ccccc2)c1C. The van der Waals surface area contributed by atoms with Gasteiger partial charge in [-0.3, -0.25) is 9.59 Å². The number of rotatable bonds is 5. The van der Waals surface area contributed by atoms with Gasteiger partial charge >= 0.3 is 0 Å². The second-order valence-corrected chi connectivity index (χ2v) is 5.07. The fourth-order valence-corrected chi connectivity index (χ4v) is 2.44. The van der Waals surface area contributed by atoms with Crippen LogP contribution in [0.4, 0.5) is 5.69 Å². The van der Waals surface area contributed by atoms with E-state index < -0.39 is 0 Å². The Morgan fingerprint density at radius 1 is 1.23 bits per heavy atom. The molecule has 116 valence electrons.